The van der Waals surface area contributed by atoms with Crippen molar-refractivity contribution in [1.82, 2.24) is 10.2 Å². The second kappa shape index (κ2) is 9.30. The second-order valence-electron chi connectivity index (χ2n) is 8.69. The van der Waals surface area contributed by atoms with Gasteiger partial charge in [0.2, 0.25) is 0 Å². The molecule has 2 aromatic rings. The van der Waals surface area contributed by atoms with Gasteiger partial charge in [0, 0.05) is 17.6 Å². The highest BCUT2D eigenvalue weighted by Gasteiger charge is 2.38. The Kier molecular flexibility index (Phi) is 6.65. The third-order valence-electron chi connectivity index (χ3n) is 6.63. The van der Waals surface area contributed by atoms with Crippen molar-refractivity contribution in [1.29, 1.82) is 0 Å². The van der Waals surface area contributed by atoms with Gasteiger partial charge >= 0.3 is 0 Å². The molecule has 0 aromatic heterocycles. The van der Waals surface area contributed by atoms with E-state index >= 15 is 0 Å². The molecule has 4 aliphatic rings. The van der Waals surface area contributed by atoms with Gasteiger partial charge in [-0.1, -0.05) is 41.9 Å². The molecule has 170 valence electrons. The average molecular weight is 476 g/mol. The molecule has 0 spiro atoms. The molecule has 0 radical (unpaired) electrons. The Morgan fingerprint density at radius 2 is 1.91 bits per heavy atom. The van der Waals surface area contributed by atoms with Crippen LogP contribution in [0.4, 0.5) is 5.69 Å². The van der Waals surface area contributed by atoms with Crippen molar-refractivity contribution in [2.24, 2.45) is 5.92 Å². The first-order chi connectivity index (χ1) is 15.0. The van der Waals surface area contributed by atoms with Crippen LogP contribution < -0.4 is 15.0 Å². The highest BCUT2D eigenvalue weighted by atomic mass is 35.5. The third kappa shape index (κ3) is 4.32. The van der Waals surface area contributed by atoms with Crippen LogP contribution in [-0.4, -0.2) is 48.5 Å². The number of carbonyl (C=O) groups excluding carboxylic acids is 2. The molecule has 3 fully saturated rings. The molecule has 3 saturated heterocycles. The number of piperidine rings is 3. The molecule has 2 aromatic carbocycles. The maximum absolute atomic E-state index is 13.3. The molecular formula is C24H27Cl2N3O3. The summed E-state index contributed by atoms with van der Waals surface area (Å²) in [6.45, 7) is 5.21. The number of nitrogens with zero attached hydrogens (tertiary/aromatic N) is 2. The van der Waals surface area contributed by atoms with Crippen molar-refractivity contribution in [2.45, 2.75) is 38.5 Å². The van der Waals surface area contributed by atoms with Gasteiger partial charge in [0.05, 0.1) is 17.8 Å². The van der Waals surface area contributed by atoms with Crippen LogP contribution in [0.3, 0.4) is 0 Å². The number of anilines is 1. The summed E-state index contributed by atoms with van der Waals surface area (Å²) in [5.41, 5.74) is 1.92. The number of carbonyl (C=O) groups is 2. The topological polar surface area (TPSA) is 61.9 Å². The van der Waals surface area contributed by atoms with Gasteiger partial charge in [-0.05, 0) is 56.5 Å². The van der Waals surface area contributed by atoms with Crippen LogP contribution in [0.1, 0.15) is 35.7 Å². The summed E-state index contributed by atoms with van der Waals surface area (Å²) >= 11 is 6.40. The van der Waals surface area contributed by atoms with Crippen LogP contribution in [0, 0.1) is 5.92 Å². The molecule has 1 N–H and O–H groups in total. The van der Waals surface area contributed by atoms with Crippen LogP contribution in [0.25, 0.3) is 0 Å². The molecule has 2 unspecified atom stereocenters. The lowest BCUT2D eigenvalue weighted by Crippen LogP contribution is -2.57. The van der Waals surface area contributed by atoms with Gasteiger partial charge in [-0.25, -0.2) is 0 Å². The van der Waals surface area contributed by atoms with Gasteiger partial charge in [0.1, 0.15) is 0 Å². The lowest BCUT2D eigenvalue weighted by molar-refractivity contribution is -0.125. The Bertz CT molecular complexity index is 1010. The quantitative estimate of drug-likeness (QED) is 0.728. The lowest BCUT2D eigenvalue weighted by atomic mass is 9.84. The molecule has 6 nitrogen and oxygen atoms in total. The van der Waals surface area contributed by atoms with Gasteiger partial charge in [-0.2, -0.15) is 0 Å². The minimum Gasteiger partial charge on any atom is -0.478 e. The number of benzene rings is 2. The monoisotopic (exact) mass is 475 g/mol. The van der Waals surface area contributed by atoms with Crippen LogP contribution in [0.5, 0.6) is 5.75 Å². The molecule has 0 aliphatic carbocycles. The molecule has 8 heteroatoms. The van der Waals surface area contributed by atoms with E-state index in [1.165, 1.54) is 0 Å². The number of ether oxygens (including phenoxy) is 1. The Balaban J connectivity index is 0.00000245. The molecule has 0 saturated carbocycles. The maximum atomic E-state index is 13.3. The van der Waals surface area contributed by atoms with Crippen molar-refractivity contribution in [3.05, 3.63) is 58.6 Å². The predicted octanol–water partition coefficient (Wildman–Crippen LogP) is 3.90. The normalized spacial score (nSPS) is 26.1. The van der Waals surface area contributed by atoms with Gasteiger partial charge in [-0.15, -0.1) is 12.4 Å². The highest BCUT2D eigenvalue weighted by molar-refractivity contribution is 6.31. The van der Waals surface area contributed by atoms with Crippen molar-refractivity contribution >= 4 is 41.5 Å². The van der Waals surface area contributed by atoms with Crippen molar-refractivity contribution in [3.8, 4) is 5.75 Å². The number of rotatable bonds is 4. The summed E-state index contributed by atoms with van der Waals surface area (Å²) in [7, 11) is 0. The Labute approximate surface area is 199 Å². The zero-order valence-electron chi connectivity index (χ0n) is 17.9. The zero-order valence-corrected chi connectivity index (χ0v) is 19.5. The molecule has 32 heavy (non-hydrogen) atoms. The first-order valence-corrected chi connectivity index (χ1v) is 11.3. The van der Waals surface area contributed by atoms with E-state index in [1.807, 2.05) is 30.3 Å². The Morgan fingerprint density at radius 1 is 1.19 bits per heavy atom. The SMILES string of the molecule is CC1Oc2c(C(=O)NC3CN4CCC3CC4)cc(Cl)cc2N(Cc2ccccc2)C1=O.Cl. The van der Waals surface area contributed by atoms with E-state index in [2.05, 4.69) is 10.2 Å². The highest BCUT2D eigenvalue weighted by Crippen LogP contribution is 2.41. The lowest BCUT2D eigenvalue weighted by Gasteiger charge is -2.45. The first-order valence-electron chi connectivity index (χ1n) is 10.9. The van der Waals surface area contributed by atoms with Gasteiger partial charge in [0.15, 0.2) is 11.9 Å². The summed E-state index contributed by atoms with van der Waals surface area (Å²) < 4.78 is 5.95. The van der Waals surface area contributed by atoms with Gasteiger partial charge in [-0.3, -0.25) is 9.59 Å². The standard InChI is InChI=1S/C24H26ClN3O3.ClH/c1-15-24(30)28(13-16-5-3-2-4-6-16)21-12-18(25)11-19(22(21)31-15)23(29)26-20-14-27-9-7-17(20)8-10-27;/h2-6,11-12,15,17,20H,7-10,13-14H2,1H3,(H,26,29);1H. The molecule has 6 rings (SSSR count). The summed E-state index contributed by atoms with van der Waals surface area (Å²) in [6.07, 6.45) is 1.55. The number of hydrogen-bond acceptors (Lipinski definition) is 4. The molecular weight excluding hydrogens is 449 g/mol. The van der Waals surface area contributed by atoms with Crippen molar-refractivity contribution in [3.63, 3.8) is 0 Å². The molecule has 2 bridgehead atoms. The third-order valence-corrected chi connectivity index (χ3v) is 6.85. The fourth-order valence-electron chi connectivity index (χ4n) is 4.94. The molecule has 4 heterocycles. The van der Waals surface area contributed by atoms with E-state index in [4.69, 9.17) is 16.3 Å². The summed E-state index contributed by atoms with van der Waals surface area (Å²) in [6, 6.07) is 13.2. The zero-order chi connectivity index (χ0) is 21.5. The fourth-order valence-corrected chi connectivity index (χ4v) is 5.15. The Hall–Kier alpha value is -2.28. The molecule has 2 amide bonds. The van der Waals surface area contributed by atoms with Crippen LogP contribution in [-0.2, 0) is 11.3 Å². The smallest absolute Gasteiger partial charge is 0.268 e. The minimum atomic E-state index is -0.680. The number of fused-ring (bicyclic) bond motifs is 4. The average Bonchev–Trinajstić information content (AvgIpc) is 2.78. The number of hydrogen-bond donors (Lipinski definition) is 1. The van der Waals surface area contributed by atoms with E-state index in [1.54, 1.807) is 24.0 Å². The van der Waals surface area contributed by atoms with Crippen LogP contribution in [0.15, 0.2) is 42.5 Å². The van der Waals surface area contributed by atoms with Crippen LogP contribution in [0.2, 0.25) is 5.02 Å². The van der Waals surface area contributed by atoms with E-state index in [0.717, 1.165) is 38.0 Å². The predicted molar refractivity (Wildman–Crippen MR) is 127 cm³/mol. The fraction of sp³-hybridized carbons (Fsp3) is 0.417. The summed E-state index contributed by atoms with van der Waals surface area (Å²) in [5, 5.41) is 3.62. The largest absolute Gasteiger partial charge is 0.478 e. The van der Waals surface area contributed by atoms with E-state index in [9.17, 15) is 9.59 Å². The summed E-state index contributed by atoms with van der Waals surface area (Å²) in [5.74, 6) is 0.590. The van der Waals surface area contributed by atoms with Gasteiger partial charge < -0.3 is 19.9 Å². The molecule has 4 aliphatic heterocycles. The van der Waals surface area contributed by atoms with Crippen molar-refractivity contribution < 1.29 is 14.3 Å². The number of amides is 2. The number of nitrogens with one attached hydrogen (secondary N) is 1. The van der Waals surface area contributed by atoms with E-state index < -0.39 is 6.10 Å². The minimum absolute atomic E-state index is 0. The number of halogens is 2. The van der Waals surface area contributed by atoms with Gasteiger partial charge in [0.25, 0.3) is 11.8 Å². The van der Waals surface area contributed by atoms with E-state index in [0.29, 0.717) is 34.5 Å². The van der Waals surface area contributed by atoms with E-state index in [-0.39, 0.29) is 30.3 Å². The Morgan fingerprint density at radius 3 is 2.56 bits per heavy atom. The maximum Gasteiger partial charge on any atom is 0.268 e. The van der Waals surface area contributed by atoms with Crippen LogP contribution >= 0.6 is 24.0 Å². The van der Waals surface area contributed by atoms with Crippen molar-refractivity contribution in [2.75, 3.05) is 24.5 Å². The first kappa shape index (κ1) is 22.9. The molecule has 2 atom stereocenters. The summed E-state index contributed by atoms with van der Waals surface area (Å²) in [4.78, 5) is 30.3. The second-order valence-corrected chi connectivity index (χ2v) is 9.13.